The molecule has 0 spiro atoms. The lowest BCUT2D eigenvalue weighted by atomic mass is 10.1. The van der Waals surface area contributed by atoms with E-state index in [-0.39, 0.29) is 0 Å². The first kappa shape index (κ1) is 16.9. The third-order valence-corrected chi connectivity index (χ3v) is 3.56. The van der Waals surface area contributed by atoms with Crippen LogP contribution in [0.3, 0.4) is 0 Å². The van der Waals surface area contributed by atoms with E-state index in [0.29, 0.717) is 5.69 Å². The van der Waals surface area contributed by atoms with Gasteiger partial charge < -0.3 is 5.32 Å². The van der Waals surface area contributed by atoms with Gasteiger partial charge >= 0.3 is 11.8 Å². The van der Waals surface area contributed by atoms with Gasteiger partial charge in [0, 0.05) is 10.2 Å². The Morgan fingerprint density at radius 2 is 1.87 bits per heavy atom. The van der Waals surface area contributed by atoms with Crippen molar-refractivity contribution in [2.45, 2.75) is 13.8 Å². The Bertz CT molecular complexity index is 772. The van der Waals surface area contributed by atoms with Crippen LogP contribution in [0, 0.1) is 13.8 Å². The number of nitrogens with zero attached hydrogens (tertiary/aromatic N) is 1. The van der Waals surface area contributed by atoms with E-state index in [1.54, 1.807) is 6.07 Å². The molecule has 0 saturated heterocycles. The fourth-order valence-corrected chi connectivity index (χ4v) is 2.35. The lowest BCUT2D eigenvalue weighted by Gasteiger charge is -2.08. The van der Waals surface area contributed by atoms with E-state index >= 15 is 0 Å². The molecular formula is C17H16BrN3O2. The molecule has 23 heavy (non-hydrogen) atoms. The maximum atomic E-state index is 11.8. The number of aryl methyl sites for hydroxylation is 2. The third kappa shape index (κ3) is 5.03. The van der Waals surface area contributed by atoms with Gasteiger partial charge in [0.1, 0.15) is 0 Å². The first-order chi connectivity index (χ1) is 11.0. The summed E-state index contributed by atoms with van der Waals surface area (Å²) in [4.78, 5) is 23.6. The number of hydrazone groups is 1. The van der Waals surface area contributed by atoms with Gasteiger partial charge in [-0.25, -0.2) is 5.43 Å². The lowest BCUT2D eigenvalue weighted by Crippen LogP contribution is -2.32. The fourth-order valence-electron chi connectivity index (χ4n) is 1.94. The predicted octanol–water partition coefficient (Wildman–Crippen LogP) is 3.15. The van der Waals surface area contributed by atoms with Crippen molar-refractivity contribution in [2.75, 3.05) is 5.32 Å². The molecule has 0 fully saturated rings. The summed E-state index contributed by atoms with van der Waals surface area (Å²) in [5, 5.41) is 6.34. The van der Waals surface area contributed by atoms with Crippen molar-refractivity contribution in [1.29, 1.82) is 0 Å². The zero-order valence-corrected chi connectivity index (χ0v) is 14.3. The summed E-state index contributed by atoms with van der Waals surface area (Å²) in [5.41, 5.74) is 5.59. The number of carbonyl (C=O) groups excluding carboxylic acids is 2. The first-order valence-electron chi connectivity index (χ1n) is 6.93. The predicted molar refractivity (Wildman–Crippen MR) is 94.4 cm³/mol. The highest BCUT2D eigenvalue weighted by Crippen LogP contribution is 2.15. The second kappa shape index (κ2) is 7.69. The molecule has 2 N–H and O–H groups in total. The number of halogens is 1. The van der Waals surface area contributed by atoms with Gasteiger partial charge in [0.2, 0.25) is 0 Å². The van der Waals surface area contributed by atoms with Gasteiger partial charge in [-0.3, -0.25) is 9.59 Å². The molecule has 2 aromatic carbocycles. The molecule has 0 atom stereocenters. The van der Waals surface area contributed by atoms with Gasteiger partial charge in [0.15, 0.2) is 0 Å². The molecular weight excluding hydrogens is 358 g/mol. The third-order valence-electron chi connectivity index (χ3n) is 3.06. The van der Waals surface area contributed by atoms with Crippen molar-refractivity contribution in [3.05, 3.63) is 63.6 Å². The minimum absolute atomic E-state index is 0.603. The van der Waals surface area contributed by atoms with E-state index in [9.17, 15) is 9.59 Å². The minimum atomic E-state index is -0.823. The van der Waals surface area contributed by atoms with Crippen LogP contribution in [-0.2, 0) is 9.59 Å². The number of hydrogen-bond acceptors (Lipinski definition) is 3. The molecule has 118 valence electrons. The van der Waals surface area contributed by atoms with Crippen LogP contribution in [-0.4, -0.2) is 18.0 Å². The topological polar surface area (TPSA) is 70.6 Å². The highest BCUT2D eigenvalue weighted by atomic mass is 79.9. The van der Waals surface area contributed by atoms with Crippen LogP contribution in [0.2, 0.25) is 0 Å². The zero-order chi connectivity index (χ0) is 16.8. The highest BCUT2D eigenvalue weighted by Gasteiger charge is 2.13. The van der Waals surface area contributed by atoms with Gasteiger partial charge in [0.05, 0.1) is 6.21 Å². The summed E-state index contributed by atoms with van der Waals surface area (Å²) in [7, 11) is 0. The number of benzene rings is 2. The molecule has 6 heteroatoms. The molecule has 0 bridgehead atoms. The molecule has 0 aromatic heterocycles. The van der Waals surface area contributed by atoms with Crippen LogP contribution >= 0.6 is 15.9 Å². The Morgan fingerprint density at radius 3 is 2.57 bits per heavy atom. The molecule has 2 amide bonds. The highest BCUT2D eigenvalue weighted by molar-refractivity contribution is 9.10. The molecule has 2 aromatic rings. The number of amides is 2. The maximum Gasteiger partial charge on any atom is 0.329 e. The van der Waals surface area contributed by atoms with Gasteiger partial charge in [0.25, 0.3) is 0 Å². The molecule has 0 heterocycles. The Kier molecular flexibility index (Phi) is 5.65. The smallest absolute Gasteiger partial charge is 0.317 e. The van der Waals surface area contributed by atoms with Crippen LogP contribution in [0.15, 0.2) is 52.0 Å². The zero-order valence-electron chi connectivity index (χ0n) is 12.8. The quantitative estimate of drug-likeness (QED) is 0.492. The summed E-state index contributed by atoms with van der Waals surface area (Å²) in [6.07, 6.45) is 1.47. The largest absolute Gasteiger partial charge is 0.329 e. The Balaban J connectivity index is 1.93. The molecule has 2 rings (SSSR count). The van der Waals surface area contributed by atoms with Crippen molar-refractivity contribution in [3.8, 4) is 0 Å². The van der Waals surface area contributed by atoms with Gasteiger partial charge in [-0.05, 0) is 43.2 Å². The second-order valence-corrected chi connectivity index (χ2v) is 5.94. The van der Waals surface area contributed by atoms with E-state index in [2.05, 4.69) is 31.8 Å². The monoisotopic (exact) mass is 373 g/mol. The number of nitrogens with one attached hydrogen (secondary N) is 2. The number of hydrogen-bond donors (Lipinski definition) is 2. The molecule has 0 unspecified atom stereocenters. The lowest BCUT2D eigenvalue weighted by molar-refractivity contribution is -0.136. The molecule has 0 aliphatic rings. The summed E-state index contributed by atoms with van der Waals surface area (Å²) >= 11 is 3.34. The number of rotatable bonds is 3. The number of anilines is 1. The van der Waals surface area contributed by atoms with Crippen molar-refractivity contribution in [3.63, 3.8) is 0 Å². The Morgan fingerprint density at radius 1 is 1.09 bits per heavy atom. The van der Waals surface area contributed by atoms with E-state index in [0.717, 1.165) is 21.2 Å². The standard InChI is InChI=1S/C17H16BrN3O2/c1-11-6-7-15(12(2)8-11)20-16(22)17(23)21-19-10-13-4-3-5-14(18)9-13/h3-10H,1-2H3,(H,20,22)(H,21,23)/b19-10+. The van der Waals surface area contributed by atoms with Crippen molar-refractivity contribution < 1.29 is 9.59 Å². The van der Waals surface area contributed by atoms with E-state index < -0.39 is 11.8 Å². The van der Waals surface area contributed by atoms with Crippen molar-refractivity contribution in [1.82, 2.24) is 5.43 Å². The SMILES string of the molecule is Cc1ccc(NC(=O)C(=O)N/N=C/c2cccc(Br)c2)c(C)c1. The van der Waals surface area contributed by atoms with Crippen LogP contribution in [0.4, 0.5) is 5.69 Å². The minimum Gasteiger partial charge on any atom is -0.317 e. The van der Waals surface area contributed by atoms with Gasteiger partial charge in [-0.15, -0.1) is 0 Å². The maximum absolute atomic E-state index is 11.8. The molecule has 5 nitrogen and oxygen atoms in total. The second-order valence-electron chi connectivity index (χ2n) is 5.03. The average molecular weight is 374 g/mol. The van der Waals surface area contributed by atoms with Gasteiger partial charge in [-0.1, -0.05) is 45.8 Å². The Hall–Kier alpha value is -2.47. The van der Waals surface area contributed by atoms with Gasteiger partial charge in [-0.2, -0.15) is 5.10 Å². The normalized spacial score (nSPS) is 10.6. The Labute approximate surface area is 142 Å². The van der Waals surface area contributed by atoms with Crippen LogP contribution in [0.1, 0.15) is 16.7 Å². The molecule has 0 aliphatic heterocycles. The van der Waals surface area contributed by atoms with E-state index in [1.165, 1.54) is 6.21 Å². The summed E-state index contributed by atoms with van der Waals surface area (Å²) in [6, 6.07) is 13.0. The number of carbonyl (C=O) groups is 2. The first-order valence-corrected chi connectivity index (χ1v) is 7.72. The molecule has 0 radical (unpaired) electrons. The van der Waals surface area contributed by atoms with Crippen LogP contribution < -0.4 is 10.7 Å². The fraction of sp³-hybridized carbons (Fsp3) is 0.118. The van der Waals surface area contributed by atoms with Crippen molar-refractivity contribution in [2.24, 2.45) is 5.10 Å². The van der Waals surface area contributed by atoms with Crippen LogP contribution in [0.5, 0.6) is 0 Å². The summed E-state index contributed by atoms with van der Waals surface area (Å²) < 4.78 is 0.903. The van der Waals surface area contributed by atoms with E-state index in [1.807, 2.05) is 50.2 Å². The van der Waals surface area contributed by atoms with Crippen LogP contribution in [0.25, 0.3) is 0 Å². The van der Waals surface area contributed by atoms with E-state index in [4.69, 9.17) is 0 Å². The molecule has 0 aliphatic carbocycles. The molecule has 0 saturated carbocycles. The average Bonchev–Trinajstić information content (AvgIpc) is 2.50. The summed E-state index contributed by atoms with van der Waals surface area (Å²) in [6.45, 7) is 3.83. The summed E-state index contributed by atoms with van der Waals surface area (Å²) in [5.74, 6) is -1.58. The van der Waals surface area contributed by atoms with Crippen molar-refractivity contribution >= 4 is 39.6 Å².